The maximum atomic E-state index is 11.7. The van der Waals surface area contributed by atoms with Crippen molar-refractivity contribution in [1.29, 1.82) is 0 Å². The second kappa shape index (κ2) is 6.36. The molecule has 4 heteroatoms. The summed E-state index contributed by atoms with van der Waals surface area (Å²) in [5.74, 6) is 0.602. The number of amides is 1. The Hall–Kier alpha value is -0.610. The Balaban J connectivity index is 2.23. The number of carbonyl (C=O) groups is 1. The molecule has 1 unspecified atom stereocenters. The van der Waals surface area contributed by atoms with Gasteiger partial charge in [-0.15, -0.1) is 0 Å². The molecule has 1 amide bonds. The molecule has 1 saturated carbocycles. The Bertz CT molecular complexity index is 249. The van der Waals surface area contributed by atoms with Gasteiger partial charge >= 0.3 is 0 Å². The third kappa shape index (κ3) is 3.96. The average Bonchev–Trinajstić information content (AvgIpc) is 2.23. The molecule has 3 N–H and O–H groups in total. The van der Waals surface area contributed by atoms with Gasteiger partial charge in [-0.05, 0) is 52.2 Å². The fourth-order valence-corrected chi connectivity index (χ4v) is 2.21. The summed E-state index contributed by atoms with van der Waals surface area (Å²) in [5, 5.41) is 3.06. The standard InChI is InChI=1S/C13H27N3O/c1-11(9-14)5-6-12(17)15-10-13(16(2)3)7-4-8-13/h11H,4-10,14H2,1-3H3,(H,15,17). The van der Waals surface area contributed by atoms with Crippen LogP contribution in [0.2, 0.25) is 0 Å². The van der Waals surface area contributed by atoms with Crippen molar-refractivity contribution in [1.82, 2.24) is 10.2 Å². The van der Waals surface area contributed by atoms with Crippen molar-refractivity contribution in [2.45, 2.75) is 44.6 Å². The van der Waals surface area contributed by atoms with Gasteiger partial charge in [0, 0.05) is 18.5 Å². The van der Waals surface area contributed by atoms with E-state index in [1.807, 2.05) is 0 Å². The molecule has 17 heavy (non-hydrogen) atoms. The van der Waals surface area contributed by atoms with Crippen molar-refractivity contribution in [3.8, 4) is 0 Å². The Morgan fingerprint density at radius 2 is 2.12 bits per heavy atom. The molecule has 1 rings (SSSR count). The van der Waals surface area contributed by atoms with Crippen LogP contribution in [0.15, 0.2) is 0 Å². The summed E-state index contributed by atoms with van der Waals surface area (Å²) in [5.41, 5.74) is 5.75. The first-order valence-corrected chi connectivity index (χ1v) is 6.64. The van der Waals surface area contributed by atoms with E-state index in [4.69, 9.17) is 5.73 Å². The molecule has 1 aliphatic rings. The zero-order chi connectivity index (χ0) is 12.9. The summed E-state index contributed by atoms with van der Waals surface area (Å²) >= 11 is 0. The molecular weight excluding hydrogens is 214 g/mol. The van der Waals surface area contributed by atoms with E-state index in [9.17, 15) is 4.79 Å². The van der Waals surface area contributed by atoms with Gasteiger partial charge < -0.3 is 16.0 Å². The van der Waals surface area contributed by atoms with Crippen LogP contribution in [0.3, 0.4) is 0 Å². The van der Waals surface area contributed by atoms with Gasteiger partial charge in [0.15, 0.2) is 0 Å². The molecule has 0 aliphatic heterocycles. The molecule has 1 aliphatic carbocycles. The lowest BCUT2D eigenvalue weighted by Gasteiger charge is -2.47. The van der Waals surface area contributed by atoms with Gasteiger partial charge in [-0.25, -0.2) is 0 Å². The Morgan fingerprint density at radius 1 is 1.47 bits per heavy atom. The van der Waals surface area contributed by atoms with E-state index in [1.165, 1.54) is 19.3 Å². The van der Waals surface area contributed by atoms with Crippen molar-refractivity contribution in [3.05, 3.63) is 0 Å². The number of hydrogen-bond acceptors (Lipinski definition) is 3. The summed E-state index contributed by atoms with van der Waals surface area (Å²) in [6.45, 7) is 3.53. The van der Waals surface area contributed by atoms with Crippen LogP contribution >= 0.6 is 0 Å². The minimum absolute atomic E-state index is 0.165. The molecule has 4 nitrogen and oxygen atoms in total. The second-order valence-electron chi connectivity index (χ2n) is 5.63. The topological polar surface area (TPSA) is 58.4 Å². The monoisotopic (exact) mass is 241 g/mol. The molecule has 0 spiro atoms. The molecule has 1 atom stereocenters. The van der Waals surface area contributed by atoms with Gasteiger partial charge in [-0.1, -0.05) is 6.92 Å². The SMILES string of the molecule is CC(CN)CCC(=O)NCC1(N(C)C)CCC1. The Labute approximate surface area is 105 Å². The average molecular weight is 241 g/mol. The number of nitrogens with zero attached hydrogens (tertiary/aromatic N) is 1. The molecule has 0 saturated heterocycles. The van der Waals surface area contributed by atoms with Crippen LogP contribution < -0.4 is 11.1 Å². The molecule has 0 bridgehead atoms. The van der Waals surface area contributed by atoms with Gasteiger partial charge in [0.25, 0.3) is 0 Å². The third-order valence-electron chi connectivity index (χ3n) is 4.11. The van der Waals surface area contributed by atoms with Gasteiger partial charge in [0.2, 0.25) is 5.91 Å². The van der Waals surface area contributed by atoms with Crippen LogP contribution in [0.25, 0.3) is 0 Å². The molecule has 0 heterocycles. The highest BCUT2D eigenvalue weighted by molar-refractivity contribution is 5.75. The first-order valence-electron chi connectivity index (χ1n) is 6.64. The predicted octanol–water partition coefficient (Wildman–Crippen LogP) is 0.962. The molecule has 0 radical (unpaired) electrons. The van der Waals surface area contributed by atoms with E-state index in [-0.39, 0.29) is 11.4 Å². The normalized spacial score (nSPS) is 19.8. The Morgan fingerprint density at radius 3 is 2.53 bits per heavy atom. The van der Waals surface area contributed by atoms with Crippen molar-refractivity contribution in [2.24, 2.45) is 11.7 Å². The van der Waals surface area contributed by atoms with Crippen LogP contribution in [0.5, 0.6) is 0 Å². The van der Waals surface area contributed by atoms with Crippen LogP contribution in [0.4, 0.5) is 0 Å². The largest absolute Gasteiger partial charge is 0.354 e. The zero-order valence-electron chi connectivity index (χ0n) is 11.5. The van der Waals surface area contributed by atoms with E-state index < -0.39 is 0 Å². The van der Waals surface area contributed by atoms with Crippen molar-refractivity contribution >= 4 is 5.91 Å². The van der Waals surface area contributed by atoms with Crippen molar-refractivity contribution in [3.63, 3.8) is 0 Å². The summed E-state index contributed by atoms with van der Waals surface area (Å²) in [7, 11) is 4.20. The van der Waals surface area contributed by atoms with E-state index in [0.717, 1.165) is 13.0 Å². The molecular formula is C13H27N3O. The summed E-state index contributed by atoms with van der Waals surface area (Å²) < 4.78 is 0. The minimum atomic E-state index is 0.165. The first-order chi connectivity index (χ1) is 8.00. The summed E-state index contributed by atoms with van der Waals surface area (Å²) in [4.78, 5) is 14.0. The zero-order valence-corrected chi connectivity index (χ0v) is 11.5. The van der Waals surface area contributed by atoms with Crippen molar-refractivity contribution in [2.75, 3.05) is 27.2 Å². The quantitative estimate of drug-likeness (QED) is 0.698. The fourth-order valence-electron chi connectivity index (χ4n) is 2.21. The number of carbonyl (C=O) groups excluding carboxylic acids is 1. The molecule has 0 aromatic heterocycles. The maximum absolute atomic E-state index is 11.7. The fraction of sp³-hybridized carbons (Fsp3) is 0.923. The first kappa shape index (κ1) is 14.5. The number of rotatable bonds is 7. The highest BCUT2D eigenvalue weighted by Gasteiger charge is 2.38. The van der Waals surface area contributed by atoms with E-state index in [0.29, 0.717) is 18.9 Å². The van der Waals surface area contributed by atoms with Gasteiger partial charge in [0.05, 0.1) is 0 Å². The molecule has 0 aromatic rings. The lowest BCUT2D eigenvalue weighted by molar-refractivity contribution is -0.122. The molecule has 100 valence electrons. The van der Waals surface area contributed by atoms with Crippen LogP contribution in [0.1, 0.15) is 39.0 Å². The van der Waals surface area contributed by atoms with E-state index >= 15 is 0 Å². The maximum Gasteiger partial charge on any atom is 0.220 e. The number of likely N-dealkylation sites (N-methyl/N-ethyl adjacent to an activating group) is 1. The number of nitrogens with two attached hydrogens (primary N) is 1. The lowest BCUT2D eigenvalue weighted by atomic mass is 9.75. The van der Waals surface area contributed by atoms with Crippen molar-refractivity contribution < 1.29 is 4.79 Å². The summed E-state index contributed by atoms with van der Waals surface area (Å²) in [6.07, 6.45) is 5.15. The van der Waals surface area contributed by atoms with Crippen LogP contribution in [-0.4, -0.2) is 43.5 Å². The number of nitrogens with one attached hydrogen (secondary N) is 1. The smallest absolute Gasteiger partial charge is 0.220 e. The van der Waals surface area contributed by atoms with E-state index in [1.54, 1.807) is 0 Å². The van der Waals surface area contributed by atoms with Gasteiger partial charge in [-0.3, -0.25) is 4.79 Å². The van der Waals surface area contributed by atoms with Gasteiger partial charge in [0.1, 0.15) is 0 Å². The Kier molecular flexibility index (Phi) is 5.40. The highest BCUT2D eigenvalue weighted by atomic mass is 16.1. The second-order valence-corrected chi connectivity index (χ2v) is 5.63. The van der Waals surface area contributed by atoms with Crippen LogP contribution in [0, 0.1) is 5.92 Å². The molecule has 0 aromatic carbocycles. The minimum Gasteiger partial charge on any atom is -0.354 e. The molecule has 1 fully saturated rings. The van der Waals surface area contributed by atoms with Crippen LogP contribution in [-0.2, 0) is 4.79 Å². The van der Waals surface area contributed by atoms with Gasteiger partial charge in [-0.2, -0.15) is 0 Å². The predicted molar refractivity (Wildman–Crippen MR) is 70.7 cm³/mol. The lowest BCUT2D eigenvalue weighted by Crippen LogP contribution is -2.57. The third-order valence-corrected chi connectivity index (χ3v) is 4.11. The van der Waals surface area contributed by atoms with E-state index in [2.05, 4.69) is 31.2 Å². The highest BCUT2D eigenvalue weighted by Crippen LogP contribution is 2.35. The number of hydrogen-bond donors (Lipinski definition) is 2. The summed E-state index contributed by atoms with van der Waals surface area (Å²) in [6, 6.07) is 0.